The zero-order valence-corrected chi connectivity index (χ0v) is 17.9. The number of hydrogen-bond acceptors (Lipinski definition) is 6. The first-order valence-electron chi connectivity index (χ1n) is 10.9. The molecule has 0 aliphatic carbocycles. The molecule has 1 aromatic carbocycles. The topological polar surface area (TPSA) is 121 Å². The molecule has 0 saturated carbocycles. The van der Waals surface area contributed by atoms with Crippen LogP contribution in [0, 0.1) is 0 Å². The Morgan fingerprint density at radius 3 is 2.69 bits per heavy atom. The number of carboxylic acid groups (broad SMARTS) is 1. The molecule has 32 heavy (non-hydrogen) atoms. The number of primary amides is 1. The van der Waals surface area contributed by atoms with Gasteiger partial charge < -0.3 is 21.1 Å². The van der Waals surface area contributed by atoms with Crippen molar-refractivity contribution in [3.8, 4) is 11.3 Å². The van der Waals surface area contributed by atoms with Crippen molar-refractivity contribution in [2.45, 2.75) is 25.7 Å². The largest absolute Gasteiger partial charge is 0.478 e. The van der Waals surface area contributed by atoms with Gasteiger partial charge in [0.2, 0.25) is 5.91 Å². The number of carbonyl (C=O) groups excluding carboxylic acids is 1. The number of benzene rings is 1. The van der Waals surface area contributed by atoms with E-state index in [0.717, 1.165) is 36.1 Å². The highest BCUT2D eigenvalue weighted by molar-refractivity contribution is 6.03. The van der Waals surface area contributed by atoms with E-state index in [9.17, 15) is 14.7 Å². The highest BCUT2D eigenvalue weighted by Crippen LogP contribution is 2.30. The lowest BCUT2D eigenvalue weighted by Crippen LogP contribution is -2.31. The van der Waals surface area contributed by atoms with E-state index in [1.54, 1.807) is 18.5 Å². The van der Waals surface area contributed by atoms with Crippen LogP contribution < -0.4 is 11.1 Å². The van der Waals surface area contributed by atoms with Gasteiger partial charge in [-0.15, -0.1) is 0 Å². The first-order valence-corrected chi connectivity index (χ1v) is 10.9. The van der Waals surface area contributed by atoms with Crippen molar-refractivity contribution in [1.29, 1.82) is 0 Å². The van der Waals surface area contributed by atoms with E-state index >= 15 is 0 Å². The molecule has 0 bridgehead atoms. The molecule has 1 saturated heterocycles. The number of carbonyl (C=O) groups is 2. The van der Waals surface area contributed by atoms with E-state index in [1.807, 2.05) is 12.1 Å². The van der Waals surface area contributed by atoms with Crippen molar-refractivity contribution < 1.29 is 14.7 Å². The molecular formula is C24H27N5O3. The molecule has 8 nitrogen and oxygen atoms in total. The molecule has 3 heterocycles. The summed E-state index contributed by atoms with van der Waals surface area (Å²) in [5, 5.41) is 13.6. The van der Waals surface area contributed by atoms with Crippen LogP contribution >= 0.6 is 0 Å². The van der Waals surface area contributed by atoms with Crippen LogP contribution in [0.3, 0.4) is 0 Å². The first kappa shape index (κ1) is 21.7. The number of likely N-dealkylation sites (tertiary alicyclic amines) is 1. The fourth-order valence-corrected chi connectivity index (χ4v) is 4.17. The third-order valence-electron chi connectivity index (χ3n) is 5.83. The van der Waals surface area contributed by atoms with Gasteiger partial charge in [-0.05, 0) is 63.2 Å². The lowest BCUT2D eigenvalue weighted by molar-refractivity contribution is 0.0697. The minimum Gasteiger partial charge on any atom is -0.478 e. The summed E-state index contributed by atoms with van der Waals surface area (Å²) < 4.78 is 0. The number of fused-ring (bicyclic) bond motifs is 1. The summed E-state index contributed by atoms with van der Waals surface area (Å²) in [4.78, 5) is 34.8. The number of rotatable bonds is 8. The van der Waals surface area contributed by atoms with Crippen LogP contribution in [0.25, 0.3) is 22.2 Å². The maximum atomic E-state index is 12.1. The summed E-state index contributed by atoms with van der Waals surface area (Å²) in [6.07, 6.45) is 8.33. The molecule has 1 fully saturated rings. The number of anilines is 1. The van der Waals surface area contributed by atoms with E-state index in [2.05, 4.69) is 20.2 Å². The average molecular weight is 434 g/mol. The normalized spacial score (nSPS) is 14.4. The Morgan fingerprint density at radius 2 is 1.94 bits per heavy atom. The van der Waals surface area contributed by atoms with Gasteiger partial charge in [0.05, 0.1) is 16.8 Å². The minimum absolute atomic E-state index is 0.00333. The zero-order chi connectivity index (χ0) is 22.5. The molecule has 0 atom stereocenters. The molecule has 2 aromatic heterocycles. The van der Waals surface area contributed by atoms with Gasteiger partial charge in [-0.2, -0.15) is 0 Å². The Kier molecular flexibility index (Phi) is 6.61. The maximum Gasteiger partial charge on any atom is 0.335 e. The smallest absolute Gasteiger partial charge is 0.335 e. The van der Waals surface area contributed by atoms with Gasteiger partial charge in [-0.3, -0.25) is 9.78 Å². The van der Waals surface area contributed by atoms with E-state index in [4.69, 9.17) is 5.73 Å². The molecular weight excluding hydrogens is 406 g/mol. The van der Waals surface area contributed by atoms with E-state index in [1.165, 1.54) is 44.5 Å². The van der Waals surface area contributed by atoms with Crippen LogP contribution in [-0.4, -0.2) is 58.0 Å². The molecule has 0 spiro atoms. The maximum absolute atomic E-state index is 12.1. The van der Waals surface area contributed by atoms with Gasteiger partial charge >= 0.3 is 5.97 Å². The molecule has 0 radical (unpaired) electrons. The summed E-state index contributed by atoms with van der Waals surface area (Å²) in [5.41, 5.74) is 8.33. The lowest BCUT2D eigenvalue weighted by Gasteiger charge is -2.26. The SMILES string of the molecule is NC(=O)c1cc(C(=O)O)ccc1-c1cc(NCCCN2CCCCC2)c2cnccc2n1. The highest BCUT2D eigenvalue weighted by Gasteiger charge is 2.17. The summed E-state index contributed by atoms with van der Waals surface area (Å²) in [7, 11) is 0. The predicted octanol–water partition coefficient (Wildman–Crippen LogP) is 3.38. The molecule has 1 amide bonds. The number of aromatic nitrogens is 2. The van der Waals surface area contributed by atoms with Crippen molar-refractivity contribution >= 4 is 28.5 Å². The number of nitrogens with one attached hydrogen (secondary N) is 1. The Balaban J connectivity index is 1.62. The standard InChI is InChI=1S/C24H27N5O3/c25-23(30)18-13-16(24(31)32)5-6-17(18)22-14-21(19-15-26-9-7-20(19)28-22)27-8-4-12-29-10-2-1-3-11-29/h5-7,9,13-15H,1-4,8,10-12H2,(H2,25,30)(H,27,28)(H,31,32). The second-order valence-electron chi connectivity index (χ2n) is 8.06. The number of nitrogens with two attached hydrogens (primary N) is 1. The predicted molar refractivity (Wildman–Crippen MR) is 124 cm³/mol. The number of hydrogen-bond donors (Lipinski definition) is 3. The van der Waals surface area contributed by atoms with Crippen LogP contribution in [0.1, 0.15) is 46.4 Å². The Bertz CT molecular complexity index is 1140. The average Bonchev–Trinajstić information content (AvgIpc) is 2.81. The monoisotopic (exact) mass is 433 g/mol. The molecule has 4 rings (SSSR count). The van der Waals surface area contributed by atoms with E-state index in [0.29, 0.717) is 11.3 Å². The van der Waals surface area contributed by atoms with Crippen molar-refractivity contribution in [1.82, 2.24) is 14.9 Å². The van der Waals surface area contributed by atoms with Gasteiger partial charge in [-0.25, -0.2) is 9.78 Å². The first-order chi connectivity index (χ1) is 15.5. The van der Waals surface area contributed by atoms with Crippen LogP contribution in [-0.2, 0) is 0 Å². The lowest BCUT2D eigenvalue weighted by atomic mass is 9.99. The van der Waals surface area contributed by atoms with Gasteiger partial charge in [-0.1, -0.05) is 12.5 Å². The number of pyridine rings is 2. The van der Waals surface area contributed by atoms with Crippen LogP contribution in [0.2, 0.25) is 0 Å². The van der Waals surface area contributed by atoms with Gasteiger partial charge in [0, 0.05) is 41.1 Å². The quantitative estimate of drug-likeness (QED) is 0.466. The number of carboxylic acids is 1. The Hall–Kier alpha value is -3.52. The molecule has 4 N–H and O–H groups in total. The molecule has 1 aliphatic rings. The zero-order valence-electron chi connectivity index (χ0n) is 17.9. The van der Waals surface area contributed by atoms with Crippen LogP contribution in [0.4, 0.5) is 5.69 Å². The molecule has 8 heteroatoms. The summed E-state index contributed by atoms with van der Waals surface area (Å²) in [6, 6.07) is 8.01. The molecule has 166 valence electrons. The summed E-state index contributed by atoms with van der Waals surface area (Å²) >= 11 is 0. The number of aromatic carboxylic acids is 1. The molecule has 3 aromatic rings. The van der Waals surface area contributed by atoms with Crippen molar-refractivity contribution in [3.05, 3.63) is 53.9 Å². The fraction of sp³-hybridized carbons (Fsp3) is 0.333. The number of nitrogens with zero attached hydrogens (tertiary/aromatic N) is 3. The Morgan fingerprint density at radius 1 is 1.12 bits per heavy atom. The van der Waals surface area contributed by atoms with Crippen LogP contribution in [0.5, 0.6) is 0 Å². The van der Waals surface area contributed by atoms with Crippen molar-refractivity contribution in [2.75, 3.05) is 31.5 Å². The number of piperidine rings is 1. The van der Waals surface area contributed by atoms with Gasteiger partial charge in [0.15, 0.2) is 0 Å². The highest BCUT2D eigenvalue weighted by atomic mass is 16.4. The van der Waals surface area contributed by atoms with Crippen molar-refractivity contribution in [2.24, 2.45) is 5.73 Å². The second kappa shape index (κ2) is 9.74. The third kappa shape index (κ3) is 4.86. The summed E-state index contributed by atoms with van der Waals surface area (Å²) in [6.45, 7) is 4.21. The van der Waals surface area contributed by atoms with Crippen LogP contribution in [0.15, 0.2) is 42.7 Å². The molecule has 0 unspecified atom stereocenters. The van der Waals surface area contributed by atoms with Gasteiger partial charge in [0.25, 0.3) is 0 Å². The van der Waals surface area contributed by atoms with Gasteiger partial charge in [0.1, 0.15) is 0 Å². The second-order valence-corrected chi connectivity index (χ2v) is 8.06. The number of amides is 1. The Labute approximate surface area is 186 Å². The molecule has 1 aliphatic heterocycles. The van der Waals surface area contributed by atoms with E-state index < -0.39 is 11.9 Å². The fourth-order valence-electron chi connectivity index (χ4n) is 4.17. The van der Waals surface area contributed by atoms with Crippen molar-refractivity contribution in [3.63, 3.8) is 0 Å². The third-order valence-corrected chi connectivity index (χ3v) is 5.83. The van der Waals surface area contributed by atoms with E-state index in [-0.39, 0.29) is 11.1 Å². The minimum atomic E-state index is -1.12. The summed E-state index contributed by atoms with van der Waals surface area (Å²) in [5.74, 6) is -1.82.